The molecular formula is C20H28ClN3O4. The first-order valence-electron chi connectivity index (χ1n) is 9.33. The third-order valence-corrected chi connectivity index (χ3v) is 4.56. The van der Waals surface area contributed by atoms with Crippen molar-refractivity contribution >= 4 is 29.5 Å². The van der Waals surface area contributed by atoms with Gasteiger partial charge in [0.15, 0.2) is 0 Å². The second-order valence-corrected chi connectivity index (χ2v) is 8.29. The average Bonchev–Trinajstić information content (AvgIpc) is 2.60. The summed E-state index contributed by atoms with van der Waals surface area (Å²) in [5.41, 5.74) is 0.272. The number of nitrogens with one attached hydrogen (secondary N) is 1. The number of carbonyl (C=O) groups excluding carboxylic acids is 3. The van der Waals surface area contributed by atoms with E-state index in [0.717, 1.165) is 5.56 Å². The molecular weight excluding hydrogens is 382 g/mol. The Morgan fingerprint density at radius 2 is 1.61 bits per heavy atom. The van der Waals surface area contributed by atoms with Crippen LogP contribution >= 0.6 is 11.6 Å². The first kappa shape index (κ1) is 22.0. The standard InChI is InChI=1S/C20H28ClN3O4/c1-14(25)22-17(15-5-7-16(21)8-6-15)13-18(26)23-9-11-24(12-10-23)19(27)28-20(2,3)4/h5-8,17H,9-13H2,1-4H3,(H,22,25). The Bertz CT molecular complexity index is 707. The molecule has 0 aliphatic carbocycles. The molecule has 154 valence electrons. The molecule has 0 saturated carbocycles. The molecule has 3 amide bonds. The molecule has 1 unspecified atom stereocenters. The Morgan fingerprint density at radius 1 is 1.07 bits per heavy atom. The fourth-order valence-electron chi connectivity index (χ4n) is 2.96. The van der Waals surface area contributed by atoms with Gasteiger partial charge in [0.1, 0.15) is 5.60 Å². The van der Waals surface area contributed by atoms with Crippen LogP contribution in [0.2, 0.25) is 5.02 Å². The van der Waals surface area contributed by atoms with Crippen molar-refractivity contribution in [1.82, 2.24) is 15.1 Å². The number of piperazine rings is 1. The van der Waals surface area contributed by atoms with Gasteiger partial charge in [0, 0.05) is 38.1 Å². The van der Waals surface area contributed by atoms with E-state index in [9.17, 15) is 14.4 Å². The minimum absolute atomic E-state index is 0.0717. The van der Waals surface area contributed by atoms with Crippen molar-refractivity contribution in [2.45, 2.75) is 45.8 Å². The van der Waals surface area contributed by atoms with Crippen molar-refractivity contribution < 1.29 is 19.1 Å². The maximum Gasteiger partial charge on any atom is 0.410 e. The van der Waals surface area contributed by atoms with Gasteiger partial charge >= 0.3 is 6.09 Å². The molecule has 1 aliphatic heterocycles. The Hall–Kier alpha value is -2.28. The summed E-state index contributed by atoms with van der Waals surface area (Å²) in [6.07, 6.45) is -0.218. The van der Waals surface area contributed by atoms with Gasteiger partial charge in [-0.2, -0.15) is 0 Å². The van der Waals surface area contributed by atoms with Gasteiger partial charge in [0.05, 0.1) is 12.5 Å². The molecule has 1 aliphatic rings. The van der Waals surface area contributed by atoms with Crippen LogP contribution in [-0.2, 0) is 14.3 Å². The minimum atomic E-state index is -0.547. The molecule has 1 fully saturated rings. The summed E-state index contributed by atoms with van der Waals surface area (Å²) in [6.45, 7) is 8.61. The van der Waals surface area contributed by atoms with E-state index in [1.807, 2.05) is 20.8 Å². The summed E-state index contributed by atoms with van der Waals surface area (Å²) in [4.78, 5) is 39.8. The molecule has 8 heteroatoms. The van der Waals surface area contributed by atoms with Crippen LogP contribution in [0.25, 0.3) is 0 Å². The first-order valence-corrected chi connectivity index (χ1v) is 9.71. The number of rotatable bonds is 4. The Morgan fingerprint density at radius 3 is 2.11 bits per heavy atom. The molecule has 1 aromatic rings. The second kappa shape index (κ2) is 9.28. The molecule has 0 bridgehead atoms. The second-order valence-electron chi connectivity index (χ2n) is 7.86. The van der Waals surface area contributed by atoms with Gasteiger partial charge in [-0.3, -0.25) is 9.59 Å². The molecule has 1 atom stereocenters. The van der Waals surface area contributed by atoms with E-state index in [0.29, 0.717) is 31.2 Å². The van der Waals surface area contributed by atoms with Crippen LogP contribution in [0.1, 0.15) is 45.7 Å². The Labute approximate surface area is 171 Å². The van der Waals surface area contributed by atoms with Gasteiger partial charge in [-0.25, -0.2) is 4.79 Å². The first-order chi connectivity index (χ1) is 13.0. The lowest BCUT2D eigenvalue weighted by molar-refractivity contribution is -0.133. The quantitative estimate of drug-likeness (QED) is 0.829. The van der Waals surface area contributed by atoms with Crippen LogP contribution in [0.4, 0.5) is 4.79 Å². The third-order valence-electron chi connectivity index (χ3n) is 4.31. The minimum Gasteiger partial charge on any atom is -0.444 e. The number of amides is 3. The highest BCUT2D eigenvalue weighted by Gasteiger charge is 2.29. The molecule has 0 aromatic heterocycles. The highest BCUT2D eigenvalue weighted by atomic mass is 35.5. The maximum atomic E-state index is 12.7. The lowest BCUT2D eigenvalue weighted by Crippen LogP contribution is -2.52. The van der Waals surface area contributed by atoms with Crippen molar-refractivity contribution in [3.05, 3.63) is 34.9 Å². The fourth-order valence-corrected chi connectivity index (χ4v) is 3.09. The number of nitrogens with zero attached hydrogens (tertiary/aromatic N) is 2. The predicted octanol–water partition coefficient (Wildman–Crippen LogP) is 2.99. The highest BCUT2D eigenvalue weighted by molar-refractivity contribution is 6.30. The zero-order chi connectivity index (χ0) is 20.9. The third kappa shape index (κ3) is 6.71. The summed E-state index contributed by atoms with van der Waals surface area (Å²) in [5, 5.41) is 3.42. The maximum absolute atomic E-state index is 12.7. The van der Waals surface area contributed by atoms with Crippen molar-refractivity contribution in [3.8, 4) is 0 Å². The molecule has 0 radical (unpaired) electrons. The number of halogens is 1. The summed E-state index contributed by atoms with van der Waals surface area (Å²) in [7, 11) is 0. The van der Waals surface area contributed by atoms with Crippen molar-refractivity contribution in [2.75, 3.05) is 26.2 Å². The van der Waals surface area contributed by atoms with E-state index in [1.54, 1.807) is 34.1 Å². The zero-order valence-electron chi connectivity index (χ0n) is 16.8. The van der Waals surface area contributed by atoms with Gasteiger partial charge in [-0.1, -0.05) is 23.7 Å². The van der Waals surface area contributed by atoms with Crippen LogP contribution < -0.4 is 5.32 Å². The number of hydrogen-bond donors (Lipinski definition) is 1. The molecule has 1 aromatic carbocycles. The van der Waals surface area contributed by atoms with E-state index >= 15 is 0 Å². The SMILES string of the molecule is CC(=O)NC(CC(=O)N1CCN(C(=O)OC(C)(C)C)CC1)c1ccc(Cl)cc1. The molecule has 7 nitrogen and oxygen atoms in total. The molecule has 1 N–H and O–H groups in total. The molecule has 1 saturated heterocycles. The summed E-state index contributed by atoms with van der Waals surface area (Å²) < 4.78 is 5.37. The topological polar surface area (TPSA) is 79.0 Å². The number of hydrogen-bond acceptors (Lipinski definition) is 4. The number of benzene rings is 1. The van der Waals surface area contributed by atoms with E-state index in [-0.39, 0.29) is 24.3 Å². The normalized spacial score (nSPS) is 15.8. The summed E-state index contributed by atoms with van der Waals surface area (Å²) in [6, 6.07) is 6.64. The molecule has 0 spiro atoms. The molecule has 1 heterocycles. The van der Waals surface area contributed by atoms with Crippen LogP contribution in [0.5, 0.6) is 0 Å². The molecule has 28 heavy (non-hydrogen) atoms. The van der Waals surface area contributed by atoms with E-state index < -0.39 is 11.6 Å². The van der Waals surface area contributed by atoms with Gasteiger partial charge in [-0.15, -0.1) is 0 Å². The van der Waals surface area contributed by atoms with Crippen molar-refractivity contribution in [2.24, 2.45) is 0 Å². The van der Waals surface area contributed by atoms with Crippen molar-refractivity contribution in [1.29, 1.82) is 0 Å². The van der Waals surface area contributed by atoms with E-state index in [2.05, 4.69) is 5.32 Å². The lowest BCUT2D eigenvalue weighted by Gasteiger charge is -2.36. The van der Waals surface area contributed by atoms with Crippen LogP contribution in [-0.4, -0.2) is 59.5 Å². The highest BCUT2D eigenvalue weighted by Crippen LogP contribution is 2.21. The van der Waals surface area contributed by atoms with E-state index in [4.69, 9.17) is 16.3 Å². The smallest absolute Gasteiger partial charge is 0.410 e. The lowest BCUT2D eigenvalue weighted by atomic mass is 10.0. The largest absolute Gasteiger partial charge is 0.444 e. The monoisotopic (exact) mass is 409 g/mol. The van der Waals surface area contributed by atoms with Gasteiger partial charge in [0.25, 0.3) is 0 Å². The Balaban J connectivity index is 1.94. The van der Waals surface area contributed by atoms with Gasteiger partial charge < -0.3 is 19.9 Å². The van der Waals surface area contributed by atoms with E-state index in [1.165, 1.54) is 6.92 Å². The van der Waals surface area contributed by atoms with Crippen LogP contribution in [0.15, 0.2) is 24.3 Å². The van der Waals surface area contributed by atoms with Gasteiger partial charge in [0.2, 0.25) is 11.8 Å². The number of carbonyl (C=O) groups is 3. The average molecular weight is 410 g/mol. The Kier molecular flexibility index (Phi) is 7.29. The molecule has 2 rings (SSSR count). The summed E-state index contributed by atoms with van der Waals surface area (Å²) >= 11 is 5.92. The number of ether oxygens (including phenoxy) is 1. The van der Waals surface area contributed by atoms with Crippen molar-refractivity contribution in [3.63, 3.8) is 0 Å². The van der Waals surface area contributed by atoms with Gasteiger partial charge in [-0.05, 0) is 38.5 Å². The van der Waals surface area contributed by atoms with Crippen LogP contribution in [0, 0.1) is 0 Å². The zero-order valence-corrected chi connectivity index (χ0v) is 17.6. The predicted molar refractivity (Wildman–Crippen MR) is 107 cm³/mol. The summed E-state index contributed by atoms with van der Waals surface area (Å²) in [5.74, 6) is -0.278. The van der Waals surface area contributed by atoms with Crippen LogP contribution in [0.3, 0.4) is 0 Å². The fraction of sp³-hybridized carbons (Fsp3) is 0.550.